The summed E-state index contributed by atoms with van der Waals surface area (Å²) in [6, 6.07) is 0.0445. The molecule has 3 aliphatic rings. The summed E-state index contributed by atoms with van der Waals surface area (Å²) in [5, 5.41) is 30.4. The lowest BCUT2D eigenvalue weighted by Crippen LogP contribution is -2.55. The molecule has 144 valence electrons. The first-order valence-corrected chi connectivity index (χ1v) is 9.81. The van der Waals surface area contributed by atoms with Crippen molar-refractivity contribution in [3.63, 3.8) is 0 Å². The van der Waals surface area contributed by atoms with Crippen LogP contribution in [-0.4, -0.2) is 46.7 Å². The Morgan fingerprint density at radius 1 is 1.16 bits per heavy atom. The van der Waals surface area contributed by atoms with E-state index >= 15 is 0 Å². The first-order valence-electron chi connectivity index (χ1n) is 9.81. The quantitative estimate of drug-likeness (QED) is 0.487. The molecule has 3 aliphatic carbocycles. The van der Waals surface area contributed by atoms with Gasteiger partial charge in [-0.15, -0.1) is 0 Å². The van der Waals surface area contributed by atoms with Crippen molar-refractivity contribution in [2.75, 3.05) is 13.2 Å². The standard InChI is InChI=1S/C20H36N2O3/c1-11-16(22)7-15-13(9-21)14(4-5-19(11,15)2)20(3)8-18(25)17(24)6-12(20)10-23/h12-18,23-25H,1,4-10,21-22H2,2-3H3/t12-,13-,14?,15?,16?,17+,18-,19-,20+/m1/s1. The van der Waals surface area contributed by atoms with E-state index in [1.165, 1.54) is 0 Å². The van der Waals surface area contributed by atoms with Crippen molar-refractivity contribution in [1.29, 1.82) is 0 Å². The van der Waals surface area contributed by atoms with Gasteiger partial charge in [-0.2, -0.15) is 0 Å². The van der Waals surface area contributed by atoms with Gasteiger partial charge in [0.15, 0.2) is 0 Å². The van der Waals surface area contributed by atoms with E-state index in [9.17, 15) is 15.3 Å². The molecule has 0 aromatic rings. The van der Waals surface area contributed by atoms with Gasteiger partial charge in [0.1, 0.15) is 0 Å². The maximum Gasteiger partial charge on any atom is 0.0804 e. The van der Waals surface area contributed by atoms with E-state index in [-0.39, 0.29) is 29.4 Å². The fourth-order valence-corrected chi connectivity index (χ4v) is 6.64. The van der Waals surface area contributed by atoms with Crippen LogP contribution in [0.1, 0.15) is 46.0 Å². The molecular weight excluding hydrogens is 316 g/mol. The number of hydrogen-bond donors (Lipinski definition) is 5. The van der Waals surface area contributed by atoms with Crippen molar-refractivity contribution < 1.29 is 15.3 Å². The Hall–Kier alpha value is -0.460. The van der Waals surface area contributed by atoms with Crippen LogP contribution in [-0.2, 0) is 0 Å². The summed E-state index contributed by atoms with van der Waals surface area (Å²) in [5.74, 6) is 1.05. The monoisotopic (exact) mass is 352 g/mol. The normalized spacial score (nSPS) is 53.7. The lowest BCUT2D eigenvalue weighted by atomic mass is 9.49. The number of nitrogens with two attached hydrogens (primary N) is 2. The molecule has 0 heterocycles. The molecule has 9 atom stereocenters. The zero-order valence-corrected chi connectivity index (χ0v) is 15.7. The van der Waals surface area contributed by atoms with Gasteiger partial charge in [0.05, 0.1) is 12.2 Å². The molecule has 0 aromatic carbocycles. The number of aliphatic hydroxyl groups is 3. The first-order chi connectivity index (χ1) is 11.7. The second kappa shape index (κ2) is 6.61. The number of aliphatic hydroxyl groups excluding tert-OH is 3. The molecule has 3 rings (SSSR count). The third kappa shape index (κ3) is 2.79. The molecule has 0 aliphatic heterocycles. The molecular formula is C20H36N2O3. The molecule has 0 spiro atoms. The Balaban J connectivity index is 1.93. The van der Waals surface area contributed by atoms with Crippen LogP contribution >= 0.6 is 0 Å². The predicted molar refractivity (Wildman–Crippen MR) is 98.5 cm³/mol. The highest BCUT2D eigenvalue weighted by Gasteiger charge is 2.58. The number of rotatable bonds is 3. The Bertz CT molecular complexity index is 527. The summed E-state index contributed by atoms with van der Waals surface area (Å²) in [5.41, 5.74) is 13.6. The number of hydrogen-bond acceptors (Lipinski definition) is 5. The molecule has 0 saturated heterocycles. The highest BCUT2D eigenvalue weighted by atomic mass is 16.3. The molecule has 0 radical (unpaired) electrons. The Labute approximate surface area is 151 Å². The minimum absolute atomic E-state index is 0.00687. The third-order valence-corrected chi connectivity index (χ3v) is 8.41. The van der Waals surface area contributed by atoms with E-state index in [0.717, 1.165) is 24.8 Å². The molecule has 5 nitrogen and oxygen atoms in total. The smallest absolute Gasteiger partial charge is 0.0804 e. The van der Waals surface area contributed by atoms with Crippen molar-refractivity contribution in [3.8, 4) is 0 Å². The van der Waals surface area contributed by atoms with Crippen LogP contribution in [0.3, 0.4) is 0 Å². The summed E-state index contributed by atoms with van der Waals surface area (Å²) >= 11 is 0. The molecule has 0 bridgehead atoms. The SMILES string of the molecule is C=C1C(N)CC2[C@H](CN)C([C@@]3(C)C[C@@H](O)[C@@H](O)C[C@@H]3CO)CC[C@]12C. The van der Waals surface area contributed by atoms with Crippen LogP contribution < -0.4 is 11.5 Å². The van der Waals surface area contributed by atoms with Crippen LogP contribution in [0.25, 0.3) is 0 Å². The van der Waals surface area contributed by atoms with Gasteiger partial charge in [-0.05, 0) is 73.2 Å². The highest BCUT2D eigenvalue weighted by molar-refractivity contribution is 5.26. The summed E-state index contributed by atoms with van der Waals surface area (Å²) in [4.78, 5) is 0. The average Bonchev–Trinajstić information content (AvgIpc) is 2.80. The van der Waals surface area contributed by atoms with Crippen LogP contribution in [0.4, 0.5) is 0 Å². The van der Waals surface area contributed by atoms with Crippen LogP contribution in [0, 0.1) is 34.5 Å². The van der Waals surface area contributed by atoms with Gasteiger partial charge in [-0.25, -0.2) is 0 Å². The maximum atomic E-state index is 10.3. The van der Waals surface area contributed by atoms with Crippen molar-refractivity contribution >= 4 is 0 Å². The van der Waals surface area contributed by atoms with Gasteiger partial charge < -0.3 is 26.8 Å². The largest absolute Gasteiger partial charge is 0.396 e. The average molecular weight is 353 g/mol. The van der Waals surface area contributed by atoms with Gasteiger partial charge in [-0.1, -0.05) is 26.0 Å². The minimum Gasteiger partial charge on any atom is -0.396 e. The van der Waals surface area contributed by atoms with E-state index in [1.807, 2.05) is 0 Å². The van der Waals surface area contributed by atoms with E-state index < -0.39 is 12.2 Å². The molecule has 3 fully saturated rings. The molecule has 3 saturated carbocycles. The van der Waals surface area contributed by atoms with Gasteiger partial charge in [0.25, 0.3) is 0 Å². The lowest BCUT2D eigenvalue weighted by Gasteiger charge is -2.57. The Kier molecular flexibility index (Phi) is 5.10. The second-order valence-electron chi connectivity index (χ2n) is 9.40. The summed E-state index contributed by atoms with van der Waals surface area (Å²) in [6.07, 6.45) is 2.50. The van der Waals surface area contributed by atoms with E-state index in [0.29, 0.717) is 37.1 Å². The van der Waals surface area contributed by atoms with E-state index in [1.54, 1.807) is 0 Å². The molecule has 0 aromatic heterocycles. The lowest BCUT2D eigenvalue weighted by molar-refractivity contribution is -0.136. The maximum absolute atomic E-state index is 10.3. The molecule has 7 N–H and O–H groups in total. The molecule has 0 amide bonds. The predicted octanol–water partition coefficient (Wildman–Crippen LogP) is 1.01. The second-order valence-corrected chi connectivity index (χ2v) is 9.40. The Morgan fingerprint density at radius 3 is 2.44 bits per heavy atom. The zero-order chi connectivity index (χ0) is 18.6. The van der Waals surface area contributed by atoms with Gasteiger partial charge in [0.2, 0.25) is 0 Å². The van der Waals surface area contributed by atoms with Gasteiger partial charge in [0, 0.05) is 12.6 Å². The van der Waals surface area contributed by atoms with Crippen molar-refractivity contribution in [2.45, 2.75) is 64.2 Å². The minimum atomic E-state index is -0.741. The van der Waals surface area contributed by atoms with Gasteiger partial charge in [-0.3, -0.25) is 0 Å². The summed E-state index contributed by atoms with van der Waals surface area (Å²) in [6.45, 7) is 9.40. The number of fused-ring (bicyclic) bond motifs is 1. The zero-order valence-electron chi connectivity index (χ0n) is 15.7. The first kappa shape index (κ1) is 19.3. The topological polar surface area (TPSA) is 113 Å². The fourth-order valence-electron chi connectivity index (χ4n) is 6.64. The van der Waals surface area contributed by atoms with E-state index in [4.69, 9.17) is 11.5 Å². The highest BCUT2D eigenvalue weighted by Crippen LogP contribution is 2.62. The van der Waals surface area contributed by atoms with Crippen molar-refractivity contribution in [2.24, 2.45) is 46.0 Å². The van der Waals surface area contributed by atoms with Crippen LogP contribution in [0.15, 0.2) is 12.2 Å². The Morgan fingerprint density at radius 2 is 1.84 bits per heavy atom. The van der Waals surface area contributed by atoms with Crippen LogP contribution in [0.5, 0.6) is 0 Å². The van der Waals surface area contributed by atoms with Crippen LogP contribution in [0.2, 0.25) is 0 Å². The van der Waals surface area contributed by atoms with Crippen molar-refractivity contribution in [3.05, 3.63) is 12.2 Å². The molecule has 3 unspecified atom stereocenters. The summed E-state index contributed by atoms with van der Waals surface area (Å²) < 4.78 is 0. The van der Waals surface area contributed by atoms with E-state index in [2.05, 4.69) is 20.4 Å². The van der Waals surface area contributed by atoms with Gasteiger partial charge >= 0.3 is 0 Å². The third-order valence-electron chi connectivity index (χ3n) is 8.41. The van der Waals surface area contributed by atoms with Crippen molar-refractivity contribution in [1.82, 2.24) is 0 Å². The molecule has 25 heavy (non-hydrogen) atoms. The fraction of sp³-hybridized carbons (Fsp3) is 0.900. The summed E-state index contributed by atoms with van der Waals surface area (Å²) in [7, 11) is 0. The molecule has 5 heteroatoms.